The molecule has 0 unspecified atom stereocenters. The van der Waals surface area contributed by atoms with Gasteiger partial charge in [-0.2, -0.15) is 0 Å². The van der Waals surface area contributed by atoms with Crippen LogP contribution in [0.15, 0.2) is 12.1 Å². The lowest BCUT2D eigenvalue weighted by Crippen LogP contribution is -2.38. The molecular weight excluding hydrogens is 266 g/mol. The number of rotatable bonds is 3. The highest BCUT2D eigenvalue weighted by atomic mass is 35.5. The second-order valence-corrected chi connectivity index (χ2v) is 5.28. The number of halogens is 1. The van der Waals surface area contributed by atoms with Gasteiger partial charge in [0.25, 0.3) is 5.91 Å². The number of nitrogens with zero attached hydrogens (tertiary/aromatic N) is 1. The van der Waals surface area contributed by atoms with E-state index in [1.807, 2.05) is 4.90 Å². The van der Waals surface area contributed by atoms with Crippen molar-refractivity contribution in [2.45, 2.75) is 25.8 Å². The van der Waals surface area contributed by atoms with Crippen LogP contribution in [-0.2, 0) is 4.74 Å². The Morgan fingerprint density at radius 3 is 3.00 bits per heavy atom. The highest BCUT2D eigenvalue weighted by Gasteiger charge is 2.30. The Hall–Kier alpha value is -1.26. The fourth-order valence-corrected chi connectivity index (χ4v) is 2.68. The first kappa shape index (κ1) is 14.2. The maximum Gasteiger partial charge on any atom is 0.254 e. The fourth-order valence-electron chi connectivity index (χ4n) is 2.52. The smallest absolute Gasteiger partial charge is 0.254 e. The zero-order valence-corrected chi connectivity index (χ0v) is 11.9. The van der Waals surface area contributed by atoms with Crippen molar-refractivity contribution in [2.75, 3.05) is 20.3 Å². The average molecular weight is 284 g/mol. The number of amides is 1. The number of phenolic OH excluding ortho intramolecular Hbond substituents is 1. The first-order valence-corrected chi connectivity index (χ1v) is 6.71. The predicted molar refractivity (Wildman–Crippen MR) is 73.8 cm³/mol. The topological polar surface area (TPSA) is 49.8 Å². The highest BCUT2D eigenvalue weighted by Crippen LogP contribution is 2.29. The van der Waals surface area contributed by atoms with Crippen LogP contribution in [-0.4, -0.2) is 42.2 Å². The van der Waals surface area contributed by atoms with Crippen molar-refractivity contribution in [2.24, 2.45) is 0 Å². The summed E-state index contributed by atoms with van der Waals surface area (Å²) in [6.07, 6.45) is 1.95. The van der Waals surface area contributed by atoms with Gasteiger partial charge in [0.05, 0.1) is 17.7 Å². The van der Waals surface area contributed by atoms with Crippen LogP contribution in [0.3, 0.4) is 0 Å². The van der Waals surface area contributed by atoms with Crippen molar-refractivity contribution in [3.63, 3.8) is 0 Å². The molecule has 4 nitrogen and oxygen atoms in total. The number of hydrogen-bond acceptors (Lipinski definition) is 3. The molecule has 1 saturated heterocycles. The molecule has 104 valence electrons. The van der Waals surface area contributed by atoms with Crippen LogP contribution in [0.4, 0.5) is 0 Å². The Morgan fingerprint density at radius 2 is 2.32 bits per heavy atom. The van der Waals surface area contributed by atoms with E-state index in [9.17, 15) is 9.90 Å². The summed E-state index contributed by atoms with van der Waals surface area (Å²) in [6.45, 7) is 3.09. The molecule has 1 heterocycles. The van der Waals surface area contributed by atoms with E-state index in [1.165, 1.54) is 12.1 Å². The number of carbonyl (C=O) groups excluding carboxylic acids is 1. The van der Waals surface area contributed by atoms with Crippen molar-refractivity contribution >= 4 is 17.5 Å². The number of likely N-dealkylation sites (tertiary alicyclic amines) is 1. The maximum absolute atomic E-state index is 12.5. The predicted octanol–water partition coefficient (Wildman–Crippen LogP) is 2.61. The summed E-state index contributed by atoms with van der Waals surface area (Å²) >= 11 is 5.89. The first-order chi connectivity index (χ1) is 9.04. The largest absolute Gasteiger partial charge is 0.506 e. The van der Waals surface area contributed by atoms with E-state index in [0.29, 0.717) is 12.2 Å². The van der Waals surface area contributed by atoms with Crippen LogP contribution in [0.2, 0.25) is 5.02 Å². The Bertz CT molecular complexity index is 490. The third-order valence-electron chi connectivity index (χ3n) is 3.52. The second-order valence-electron chi connectivity index (χ2n) is 4.87. The van der Waals surface area contributed by atoms with Gasteiger partial charge in [-0.3, -0.25) is 4.79 Å². The lowest BCUT2D eigenvalue weighted by atomic mass is 10.1. The van der Waals surface area contributed by atoms with E-state index >= 15 is 0 Å². The summed E-state index contributed by atoms with van der Waals surface area (Å²) in [6, 6.07) is 3.19. The second kappa shape index (κ2) is 5.80. The van der Waals surface area contributed by atoms with Crippen molar-refractivity contribution in [1.29, 1.82) is 0 Å². The van der Waals surface area contributed by atoms with E-state index in [0.717, 1.165) is 24.9 Å². The average Bonchev–Trinajstić information content (AvgIpc) is 2.82. The molecule has 0 aromatic heterocycles. The molecule has 19 heavy (non-hydrogen) atoms. The third-order valence-corrected chi connectivity index (χ3v) is 3.82. The molecule has 1 fully saturated rings. The van der Waals surface area contributed by atoms with Gasteiger partial charge in [-0.1, -0.05) is 11.6 Å². The molecule has 1 amide bonds. The number of carbonyl (C=O) groups is 1. The van der Waals surface area contributed by atoms with Gasteiger partial charge in [0.2, 0.25) is 0 Å². The summed E-state index contributed by atoms with van der Waals surface area (Å²) in [4.78, 5) is 14.4. The molecule has 0 spiro atoms. The van der Waals surface area contributed by atoms with Gasteiger partial charge >= 0.3 is 0 Å². The molecule has 0 aliphatic carbocycles. The van der Waals surface area contributed by atoms with Gasteiger partial charge in [-0.05, 0) is 37.5 Å². The molecule has 0 saturated carbocycles. The number of hydrogen-bond donors (Lipinski definition) is 1. The minimum atomic E-state index is -0.0426. The summed E-state index contributed by atoms with van der Waals surface area (Å²) in [5, 5.41) is 9.74. The summed E-state index contributed by atoms with van der Waals surface area (Å²) in [7, 11) is 1.64. The van der Waals surface area contributed by atoms with Gasteiger partial charge in [0.1, 0.15) is 5.75 Å². The zero-order valence-electron chi connectivity index (χ0n) is 11.1. The highest BCUT2D eigenvalue weighted by molar-refractivity contribution is 6.32. The Kier molecular flexibility index (Phi) is 4.32. The monoisotopic (exact) mass is 283 g/mol. The van der Waals surface area contributed by atoms with E-state index in [1.54, 1.807) is 14.0 Å². The number of ether oxygens (including phenoxy) is 1. The molecule has 0 bridgehead atoms. The summed E-state index contributed by atoms with van der Waals surface area (Å²) in [5.41, 5.74) is 1.28. The minimum absolute atomic E-state index is 0.00517. The Morgan fingerprint density at radius 1 is 1.58 bits per heavy atom. The molecule has 2 rings (SSSR count). The van der Waals surface area contributed by atoms with Crippen molar-refractivity contribution in [3.05, 3.63) is 28.3 Å². The molecule has 1 aromatic rings. The molecule has 0 radical (unpaired) electrons. The van der Waals surface area contributed by atoms with Crippen LogP contribution < -0.4 is 0 Å². The number of aromatic hydroxyl groups is 1. The van der Waals surface area contributed by atoms with Gasteiger partial charge in [-0.25, -0.2) is 0 Å². The molecule has 1 atom stereocenters. The Labute approximate surface area is 117 Å². The summed E-state index contributed by atoms with van der Waals surface area (Å²) < 4.78 is 5.16. The Balaban J connectivity index is 2.26. The van der Waals surface area contributed by atoms with Crippen LogP contribution >= 0.6 is 11.6 Å². The molecular formula is C14H18ClNO3. The van der Waals surface area contributed by atoms with Gasteiger partial charge in [0.15, 0.2) is 0 Å². The van der Waals surface area contributed by atoms with E-state index < -0.39 is 0 Å². The summed E-state index contributed by atoms with van der Waals surface area (Å²) in [5.74, 6) is -0.0375. The maximum atomic E-state index is 12.5. The van der Waals surface area contributed by atoms with Crippen LogP contribution in [0.1, 0.15) is 28.8 Å². The van der Waals surface area contributed by atoms with Crippen molar-refractivity contribution in [1.82, 2.24) is 4.90 Å². The lowest BCUT2D eigenvalue weighted by molar-refractivity contribution is 0.0630. The van der Waals surface area contributed by atoms with Crippen LogP contribution in [0, 0.1) is 6.92 Å². The van der Waals surface area contributed by atoms with Gasteiger partial charge < -0.3 is 14.7 Å². The zero-order chi connectivity index (χ0) is 14.0. The quantitative estimate of drug-likeness (QED) is 0.928. The third kappa shape index (κ3) is 2.85. The van der Waals surface area contributed by atoms with Crippen LogP contribution in [0.25, 0.3) is 0 Å². The van der Waals surface area contributed by atoms with E-state index in [4.69, 9.17) is 16.3 Å². The number of aryl methyl sites for hydroxylation is 1. The molecule has 1 aromatic carbocycles. The lowest BCUT2D eigenvalue weighted by Gasteiger charge is -2.25. The first-order valence-electron chi connectivity index (χ1n) is 6.33. The van der Waals surface area contributed by atoms with Crippen molar-refractivity contribution in [3.8, 4) is 5.75 Å². The normalized spacial score (nSPS) is 18.9. The fraction of sp³-hybridized carbons (Fsp3) is 0.500. The van der Waals surface area contributed by atoms with E-state index in [-0.39, 0.29) is 22.7 Å². The molecule has 1 N–H and O–H groups in total. The van der Waals surface area contributed by atoms with Crippen molar-refractivity contribution < 1.29 is 14.6 Å². The number of methoxy groups -OCH3 is 1. The SMILES string of the molecule is COC[C@H]1CCCN1C(=O)c1cc(Cl)c(O)cc1C. The molecule has 5 heteroatoms. The van der Waals surface area contributed by atoms with Gasteiger partial charge in [-0.15, -0.1) is 0 Å². The van der Waals surface area contributed by atoms with E-state index in [2.05, 4.69) is 0 Å². The standard InChI is InChI=1S/C14H18ClNO3/c1-9-6-13(17)12(15)7-11(9)14(18)16-5-3-4-10(16)8-19-2/h6-7,10,17H,3-5,8H2,1-2H3/t10-/m1/s1. The van der Waals surface area contributed by atoms with Crippen LogP contribution in [0.5, 0.6) is 5.75 Å². The number of phenols is 1. The molecule has 1 aliphatic rings. The molecule has 1 aliphatic heterocycles. The number of benzene rings is 1. The van der Waals surface area contributed by atoms with Gasteiger partial charge in [0, 0.05) is 19.2 Å². The minimum Gasteiger partial charge on any atom is -0.506 e.